The molecular weight excluding hydrogens is 172 g/mol. The van der Waals surface area contributed by atoms with Crippen LogP contribution in [0.25, 0.3) is 0 Å². The molecule has 1 nitrogen and oxygen atoms in total. The number of rotatable bonds is 0. The minimum Gasteiger partial charge on any atom is -0.373 e. The highest BCUT2D eigenvalue weighted by Crippen LogP contribution is 2.43. The molecule has 14 heavy (non-hydrogen) atoms. The zero-order valence-electron chi connectivity index (χ0n) is 8.54. The van der Waals surface area contributed by atoms with E-state index in [1.807, 2.05) is 18.2 Å². The van der Waals surface area contributed by atoms with Gasteiger partial charge in [0.25, 0.3) is 0 Å². The molecule has 1 N–H and O–H groups in total. The second-order valence-electron chi connectivity index (χ2n) is 3.93. The van der Waals surface area contributed by atoms with Gasteiger partial charge in [0.15, 0.2) is 5.60 Å². The molecule has 2 rings (SSSR count). The Labute approximate surface area is 84.8 Å². The Balaban J connectivity index is 2.57. The Morgan fingerprint density at radius 1 is 1.43 bits per heavy atom. The van der Waals surface area contributed by atoms with Gasteiger partial charge in [0.1, 0.15) is 0 Å². The Morgan fingerprint density at radius 3 is 2.86 bits per heavy atom. The third-order valence-corrected chi connectivity index (χ3v) is 2.87. The van der Waals surface area contributed by atoms with Crippen LogP contribution in [0.4, 0.5) is 0 Å². The molecule has 1 aliphatic rings. The summed E-state index contributed by atoms with van der Waals surface area (Å²) in [6.45, 7) is 3.90. The Kier molecular flexibility index (Phi) is 2.09. The third-order valence-electron chi connectivity index (χ3n) is 2.87. The summed E-state index contributed by atoms with van der Waals surface area (Å²) in [4.78, 5) is 0. The summed E-state index contributed by atoms with van der Waals surface area (Å²) < 4.78 is 0. The van der Waals surface area contributed by atoms with Gasteiger partial charge >= 0.3 is 0 Å². The minimum atomic E-state index is -0.912. The fraction of sp³-hybridized carbons (Fsp3) is 0.385. The van der Waals surface area contributed by atoms with Gasteiger partial charge in [-0.25, -0.2) is 0 Å². The van der Waals surface area contributed by atoms with E-state index in [2.05, 4.69) is 24.8 Å². The molecule has 72 valence electrons. The molecule has 0 amide bonds. The minimum absolute atomic E-state index is 0.400. The van der Waals surface area contributed by atoms with Crippen LogP contribution in [-0.2, 0) is 5.60 Å². The molecule has 0 saturated heterocycles. The van der Waals surface area contributed by atoms with Crippen LogP contribution < -0.4 is 0 Å². The lowest BCUT2D eigenvalue weighted by molar-refractivity contribution is 0.0977. The van der Waals surface area contributed by atoms with E-state index in [-0.39, 0.29) is 0 Å². The number of aliphatic hydroxyl groups is 1. The van der Waals surface area contributed by atoms with Crippen LogP contribution in [0.2, 0.25) is 0 Å². The van der Waals surface area contributed by atoms with Crippen molar-refractivity contribution >= 4 is 0 Å². The first kappa shape index (κ1) is 9.30. The van der Waals surface area contributed by atoms with E-state index in [4.69, 9.17) is 0 Å². The van der Waals surface area contributed by atoms with Crippen LogP contribution in [0.15, 0.2) is 24.3 Å². The van der Waals surface area contributed by atoms with Crippen molar-refractivity contribution in [2.24, 2.45) is 0 Å². The van der Waals surface area contributed by atoms with Crippen LogP contribution in [0.1, 0.15) is 37.3 Å². The lowest BCUT2D eigenvalue weighted by Gasteiger charge is -2.16. The van der Waals surface area contributed by atoms with E-state index in [1.54, 1.807) is 6.92 Å². The number of hydrogen-bond acceptors (Lipinski definition) is 1. The first-order valence-corrected chi connectivity index (χ1v) is 4.93. The maximum atomic E-state index is 10.3. The van der Waals surface area contributed by atoms with Crippen molar-refractivity contribution in [2.75, 3.05) is 0 Å². The van der Waals surface area contributed by atoms with Crippen molar-refractivity contribution in [1.29, 1.82) is 0 Å². The third kappa shape index (κ3) is 1.23. The first-order chi connectivity index (χ1) is 6.67. The second kappa shape index (κ2) is 3.15. The van der Waals surface area contributed by atoms with Gasteiger partial charge in [-0.3, -0.25) is 0 Å². The van der Waals surface area contributed by atoms with Crippen molar-refractivity contribution in [3.8, 4) is 11.8 Å². The van der Waals surface area contributed by atoms with Gasteiger partial charge < -0.3 is 5.11 Å². The summed E-state index contributed by atoms with van der Waals surface area (Å²) in [6, 6.07) is 8.03. The Bertz CT molecular complexity index is 411. The highest BCUT2D eigenvalue weighted by Gasteiger charge is 2.38. The molecule has 0 bridgehead atoms. The molecule has 0 heterocycles. The molecule has 1 aromatic carbocycles. The number of benzene rings is 1. The van der Waals surface area contributed by atoms with Gasteiger partial charge in [-0.2, -0.15) is 0 Å². The van der Waals surface area contributed by atoms with Gasteiger partial charge in [-0.1, -0.05) is 37.1 Å². The van der Waals surface area contributed by atoms with Crippen LogP contribution in [0, 0.1) is 11.8 Å². The second-order valence-corrected chi connectivity index (χ2v) is 3.93. The van der Waals surface area contributed by atoms with Crippen molar-refractivity contribution in [2.45, 2.75) is 31.8 Å². The van der Waals surface area contributed by atoms with E-state index in [0.717, 1.165) is 5.56 Å². The van der Waals surface area contributed by atoms with E-state index in [9.17, 15) is 5.11 Å². The molecule has 2 unspecified atom stereocenters. The summed E-state index contributed by atoms with van der Waals surface area (Å²) in [6.07, 6.45) is 0.715. The van der Waals surface area contributed by atoms with E-state index < -0.39 is 5.60 Å². The molecular formula is C13H14O. The maximum Gasteiger partial charge on any atom is 0.151 e. The van der Waals surface area contributed by atoms with Gasteiger partial charge in [0, 0.05) is 0 Å². The van der Waals surface area contributed by atoms with Crippen LogP contribution in [-0.4, -0.2) is 5.11 Å². The Morgan fingerprint density at radius 2 is 2.14 bits per heavy atom. The predicted octanol–water partition coefficient (Wildman–Crippen LogP) is 2.40. The van der Waals surface area contributed by atoms with E-state index >= 15 is 0 Å². The fourth-order valence-corrected chi connectivity index (χ4v) is 2.29. The van der Waals surface area contributed by atoms with Crippen molar-refractivity contribution in [1.82, 2.24) is 0 Å². The monoisotopic (exact) mass is 186 g/mol. The SMILES string of the molecule is CC#CC1(O)CC(C)c2ccccc21. The van der Waals surface area contributed by atoms with E-state index in [1.165, 1.54) is 5.56 Å². The van der Waals surface area contributed by atoms with E-state index in [0.29, 0.717) is 12.3 Å². The highest BCUT2D eigenvalue weighted by molar-refractivity contribution is 5.45. The molecule has 0 aliphatic heterocycles. The zero-order valence-corrected chi connectivity index (χ0v) is 8.54. The van der Waals surface area contributed by atoms with Crippen molar-refractivity contribution in [3.63, 3.8) is 0 Å². The van der Waals surface area contributed by atoms with Crippen LogP contribution >= 0.6 is 0 Å². The fourth-order valence-electron chi connectivity index (χ4n) is 2.29. The number of fused-ring (bicyclic) bond motifs is 1. The highest BCUT2D eigenvalue weighted by atomic mass is 16.3. The molecule has 1 heteroatoms. The van der Waals surface area contributed by atoms with Crippen LogP contribution in [0.3, 0.4) is 0 Å². The zero-order chi connectivity index (χ0) is 10.2. The van der Waals surface area contributed by atoms with Gasteiger partial charge in [-0.05, 0) is 30.4 Å². The first-order valence-electron chi connectivity index (χ1n) is 4.93. The lowest BCUT2D eigenvalue weighted by atomic mass is 9.97. The molecule has 0 fully saturated rings. The summed E-state index contributed by atoms with van der Waals surface area (Å²) >= 11 is 0. The number of hydrogen-bond donors (Lipinski definition) is 1. The summed E-state index contributed by atoms with van der Waals surface area (Å²) in [7, 11) is 0. The standard InChI is InChI=1S/C13H14O/c1-3-8-13(14)9-10(2)11-6-4-5-7-12(11)13/h4-7,10,14H,9H2,1-2H3. The average molecular weight is 186 g/mol. The summed E-state index contributed by atoms with van der Waals surface area (Å²) in [5, 5.41) is 10.3. The summed E-state index contributed by atoms with van der Waals surface area (Å²) in [5.41, 5.74) is 1.31. The molecule has 0 radical (unpaired) electrons. The Hall–Kier alpha value is -1.26. The molecule has 1 aromatic rings. The normalized spacial score (nSPS) is 29.2. The van der Waals surface area contributed by atoms with Crippen molar-refractivity contribution < 1.29 is 5.11 Å². The molecule has 1 aliphatic carbocycles. The van der Waals surface area contributed by atoms with Gasteiger partial charge in [-0.15, -0.1) is 5.92 Å². The average Bonchev–Trinajstić information content (AvgIpc) is 2.41. The molecule has 2 atom stereocenters. The summed E-state index contributed by atoms with van der Waals surface area (Å²) in [5.74, 6) is 6.12. The largest absolute Gasteiger partial charge is 0.373 e. The predicted molar refractivity (Wildman–Crippen MR) is 56.8 cm³/mol. The smallest absolute Gasteiger partial charge is 0.151 e. The maximum absolute atomic E-state index is 10.3. The quantitative estimate of drug-likeness (QED) is 0.617. The van der Waals surface area contributed by atoms with Crippen LogP contribution in [0.5, 0.6) is 0 Å². The lowest BCUT2D eigenvalue weighted by Crippen LogP contribution is -2.19. The van der Waals surface area contributed by atoms with Crippen molar-refractivity contribution in [3.05, 3.63) is 35.4 Å². The van der Waals surface area contributed by atoms with Gasteiger partial charge in [0.05, 0.1) is 0 Å². The molecule has 0 saturated carbocycles. The van der Waals surface area contributed by atoms with Gasteiger partial charge in [0.2, 0.25) is 0 Å². The molecule has 0 aromatic heterocycles. The molecule has 0 spiro atoms. The topological polar surface area (TPSA) is 20.2 Å².